The van der Waals surface area contributed by atoms with Crippen LogP contribution in [-0.4, -0.2) is 27.8 Å². The van der Waals surface area contributed by atoms with Gasteiger partial charge in [-0.2, -0.15) is 5.10 Å². The molecule has 4 aliphatic carbocycles. The Balaban J connectivity index is 1.28. The molecule has 1 amide bonds. The zero-order valence-corrected chi connectivity index (χ0v) is 15.2. The van der Waals surface area contributed by atoms with Crippen LogP contribution in [0.2, 0.25) is 0 Å². The third-order valence-corrected chi connectivity index (χ3v) is 7.41. The van der Waals surface area contributed by atoms with E-state index in [0.29, 0.717) is 22.9 Å². The van der Waals surface area contributed by atoms with E-state index in [0.717, 1.165) is 24.7 Å². The van der Waals surface area contributed by atoms with Gasteiger partial charge in [0.2, 0.25) is 5.88 Å². The molecule has 4 fully saturated rings. The van der Waals surface area contributed by atoms with Gasteiger partial charge in [0.15, 0.2) is 0 Å². The van der Waals surface area contributed by atoms with Crippen molar-refractivity contribution < 1.29 is 9.53 Å². The smallest absolute Gasteiger partial charge is 0.258 e. The lowest BCUT2D eigenvalue weighted by Gasteiger charge is -2.26. The third-order valence-electron chi connectivity index (χ3n) is 7.41. The van der Waals surface area contributed by atoms with Gasteiger partial charge in [-0.05, 0) is 62.2 Å². The highest BCUT2D eigenvalue weighted by Crippen LogP contribution is 2.70. The van der Waals surface area contributed by atoms with Gasteiger partial charge in [0.1, 0.15) is 11.7 Å². The van der Waals surface area contributed by atoms with E-state index in [1.165, 1.54) is 51.4 Å². The molecule has 2 bridgehead atoms. The molecular weight excluding hydrogens is 314 g/mol. The van der Waals surface area contributed by atoms with Crippen molar-refractivity contribution in [2.24, 2.45) is 24.3 Å². The Labute approximate surface area is 149 Å². The fourth-order valence-electron chi connectivity index (χ4n) is 6.12. The van der Waals surface area contributed by atoms with Crippen molar-refractivity contribution in [2.45, 2.75) is 76.4 Å². The quantitative estimate of drug-likeness (QED) is 0.911. The maximum atomic E-state index is 12.9. The van der Waals surface area contributed by atoms with Gasteiger partial charge >= 0.3 is 0 Å². The molecule has 4 unspecified atom stereocenters. The van der Waals surface area contributed by atoms with Crippen molar-refractivity contribution in [3.05, 3.63) is 11.8 Å². The standard InChI is InChI=1S/C20H29N3O2/c1-23-19(25-14-7-3-2-4-8-14)15(12-21-23)18(24)22-17-16-10-13-6-5-9-20(16,17)11-13/h12-14,16-17H,2-11H2,1H3,(H,22,24). The van der Waals surface area contributed by atoms with Crippen LogP contribution in [0, 0.1) is 17.3 Å². The highest BCUT2D eigenvalue weighted by molar-refractivity contribution is 5.96. The van der Waals surface area contributed by atoms with Gasteiger partial charge in [-0.15, -0.1) is 0 Å². The van der Waals surface area contributed by atoms with E-state index in [1.807, 2.05) is 7.05 Å². The lowest BCUT2D eigenvalue weighted by Crippen LogP contribution is -2.33. The first-order chi connectivity index (χ1) is 12.2. The average Bonchev–Trinajstić information content (AvgIpc) is 2.91. The molecule has 4 saturated carbocycles. The minimum atomic E-state index is 0.00908. The van der Waals surface area contributed by atoms with Crippen LogP contribution in [0.4, 0.5) is 0 Å². The van der Waals surface area contributed by atoms with Gasteiger partial charge in [-0.25, -0.2) is 4.68 Å². The molecule has 0 saturated heterocycles. The Morgan fingerprint density at radius 2 is 2.12 bits per heavy atom. The number of carbonyl (C=O) groups excluding carboxylic acids is 1. The molecule has 5 nitrogen and oxygen atoms in total. The fourth-order valence-corrected chi connectivity index (χ4v) is 6.12. The molecule has 1 spiro atoms. The van der Waals surface area contributed by atoms with Crippen LogP contribution >= 0.6 is 0 Å². The van der Waals surface area contributed by atoms with Gasteiger partial charge in [-0.3, -0.25) is 4.79 Å². The molecule has 4 atom stereocenters. The predicted molar refractivity (Wildman–Crippen MR) is 94.5 cm³/mol. The van der Waals surface area contributed by atoms with E-state index < -0.39 is 0 Å². The van der Waals surface area contributed by atoms with Gasteiger partial charge in [-0.1, -0.05) is 19.3 Å². The molecule has 0 aliphatic heterocycles. The number of ether oxygens (including phenoxy) is 1. The summed E-state index contributed by atoms with van der Waals surface area (Å²) >= 11 is 0. The summed E-state index contributed by atoms with van der Waals surface area (Å²) in [6.45, 7) is 0. The zero-order valence-electron chi connectivity index (χ0n) is 15.2. The maximum Gasteiger partial charge on any atom is 0.258 e. The van der Waals surface area contributed by atoms with E-state index in [9.17, 15) is 4.79 Å². The molecule has 1 aromatic heterocycles. The number of fused-ring (bicyclic) bond motifs is 1. The zero-order chi connectivity index (χ0) is 17.0. The molecule has 5 heteroatoms. The second-order valence-electron chi connectivity index (χ2n) is 8.85. The second-order valence-corrected chi connectivity index (χ2v) is 8.85. The first-order valence-corrected chi connectivity index (χ1v) is 10.2. The Hall–Kier alpha value is -1.52. The number of nitrogens with zero attached hydrogens (tertiary/aromatic N) is 2. The van der Waals surface area contributed by atoms with Crippen LogP contribution in [0.15, 0.2) is 6.20 Å². The number of carbonyl (C=O) groups is 1. The lowest BCUT2D eigenvalue weighted by atomic mass is 9.82. The van der Waals surface area contributed by atoms with Crippen LogP contribution in [0.1, 0.15) is 74.6 Å². The van der Waals surface area contributed by atoms with Crippen molar-refractivity contribution >= 4 is 5.91 Å². The molecule has 1 heterocycles. The maximum absolute atomic E-state index is 12.9. The highest BCUT2D eigenvalue weighted by Gasteiger charge is 2.69. The number of nitrogens with one attached hydrogen (secondary N) is 1. The molecular formula is C20H29N3O2. The van der Waals surface area contributed by atoms with Crippen LogP contribution in [0.3, 0.4) is 0 Å². The van der Waals surface area contributed by atoms with Crippen LogP contribution in [-0.2, 0) is 7.05 Å². The van der Waals surface area contributed by atoms with Crippen molar-refractivity contribution in [2.75, 3.05) is 0 Å². The Morgan fingerprint density at radius 1 is 1.28 bits per heavy atom. The van der Waals surface area contributed by atoms with Crippen LogP contribution < -0.4 is 10.1 Å². The summed E-state index contributed by atoms with van der Waals surface area (Å²) in [6.07, 6.45) is 14.5. The minimum absolute atomic E-state index is 0.00908. The number of rotatable bonds is 4. The van der Waals surface area contributed by atoms with Crippen LogP contribution in [0.25, 0.3) is 0 Å². The molecule has 25 heavy (non-hydrogen) atoms. The Bertz CT molecular complexity index is 678. The van der Waals surface area contributed by atoms with Crippen molar-refractivity contribution in [1.29, 1.82) is 0 Å². The number of amides is 1. The molecule has 0 radical (unpaired) electrons. The number of aromatic nitrogens is 2. The monoisotopic (exact) mass is 343 g/mol. The Morgan fingerprint density at radius 3 is 2.96 bits per heavy atom. The lowest BCUT2D eigenvalue weighted by molar-refractivity contribution is 0.0921. The average molecular weight is 343 g/mol. The first-order valence-electron chi connectivity index (χ1n) is 10.2. The second kappa shape index (κ2) is 5.75. The topological polar surface area (TPSA) is 56.2 Å². The number of hydrogen-bond acceptors (Lipinski definition) is 3. The van der Waals surface area contributed by atoms with E-state index in [1.54, 1.807) is 10.9 Å². The summed E-state index contributed by atoms with van der Waals surface area (Å²) in [6, 6.07) is 0.388. The summed E-state index contributed by atoms with van der Waals surface area (Å²) in [5.41, 5.74) is 1.05. The van der Waals surface area contributed by atoms with Gasteiger partial charge in [0.25, 0.3) is 5.91 Å². The van der Waals surface area contributed by atoms with Gasteiger partial charge < -0.3 is 10.1 Å². The highest BCUT2D eigenvalue weighted by atomic mass is 16.5. The SMILES string of the molecule is Cn1ncc(C(=O)NC2C3CC4CCCC32C4)c1OC1CCCCC1. The number of aryl methyl sites for hydroxylation is 1. The summed E-state index contributed by atoms with van der Waals surface area (Å²) in [5.74, 6) is 2.31. The largest absolute Gasteiger partial charge is 0.474 e. The van der Waals surface area contributed by atoms with Crippen LogP contribution in [0.5, 0.6) is 5.88 Å². The van der Waals surface area contributed by atoms with E-state index in [-0.39, 0.29) is 12.0 Å². The summed E-state index contributed by atoms with van der Waals surface area (Å²) in [7, 11) is 1.87. The predicted octanol–water partition coefficient (Wildman–Crippen LogP) is 3.44. The van der Waals surface area contributed by atoms with E-state index in [4.69, 9.17) is 4.74 Å². The third kappa shape index (κ3) is 2.49. The fraction of sp³-hybridized carbons (Fsp3) is 0.800. The molecule has 5 rings (SSSR count). The van der Waals surface area contributed by atoms with Crippen molar-refractivity contribution in [1.82, 2.24) is 15.1 Å². The molecule has 1 aromatic rings. The van der Waals surface area contributed by atoms with E-state index in [2.05, 4.69) is 10.4 Å². The van der Waals surface area contributed by atoms with Gasteiger partial charge in [0, 0.05) is 13.1 Å². The molecule has 136 valence electrons. The Kier molecular flexibility index (Phi) is 3.61. The molecule has 4 aliphatic rings. The first kappa shape index (κ1) is 15.7. The van der Waals surface area contributed by atoms with Crippen molar-refractivity contribution in [3.63, 3.8) is 0 Å². The van der Waals surface area contributed by atoms with Gasteiger partial charge in [0.05, 0.1) is 6.20 Å². The molecule has 0 aromatic carbocycles. The summed E-state index contributed by atoms with van der Waals surface area (Å²) < 4.78 is 7.91. The summed E-state index contributed by atoms with van der Waals surface area (Å²) in [5, 5.41) is 7.63. The normalized spacial score (nSPS) is 36.8. The van der Waals surface area contributed by atoms with E-state index >= 15 is 0 Å². The number of hydrogen-bond donors (Lipinski definition) is 1. The molecule has 1 N–H and O–H groups in total. The van der Waals surface area contributed by atoms with Crippen molar-refractivity contribution in [3.8, 4) is 5.88 Å². The minimum Gasteiger partial charge on any atom is -0.474 e. The summed E-state index contributed by atoms with van der Waals surface area (Å²) in [4.78, 5) is 12.9.